The van der Waals surface area contributed by atoms with Gasteiger partial charge in [-0.25, -0.2) is 0 Å². The van der Waals surface area contributed by atoms with Gasteiger partial charge in [-0.15, -0.1) is 0 Å². The van der Waals surface area contributed by atoms with Crippen molar-refractivity contribution in [2.45, 2.75) is 81.8 Å². The Labute approximate surface area is 257 Å². The number of benzene rings is 2. The molecular formula is C34H34N2O7Si. The molecule has 2 bridgehead atoms. The van der Waals surface area contributed by atoms with E-state index in [-0.39, 0.29) is 40.0 Å². The van der Waals surface area contributed by atoms with Crippen LogP contribution in [0.4, 0.5) is 5.69 Å². The fourth-order valence-corrected chi connectivity index (χ4v) is 10.3. The van der Waals surface area contributed by atoms with E-state index in [1.807, 2.05) is 6.92 Å². The lowest BCUT2D eigenvalue weighted by atomic mass is 9.68. The van der Waals surface area contributed by atoms with Crippen molar-refractivity contribution in [3.05, 3.63) is 69.8 Å². The summed E-state index contributed by atoms with van der Waals surface area (Å²) in [6.07, 6.45) is 1.43. The maximum atomic E-state index is 14.2. The van der Waals surface area contributed by atoms with Crippen LogP contribution in [0.15, 0.2) is 36.4 Å². The van der Waals surface area contributed by atoms with E-state index in [0.29, 0.717) is 12.0 Å². The Hall–Kier alpha value is -4.03. The highest BCUT2D eigenvalue weighted by atomic mass is 28.4. The number of phenols is 1. The van der Waals surface area contributed by atoms with Crippen LogP contribution in [-0.2, 0) is 26.1 Å². The molecule has 2 heterocycles. The first-order chi connectivity index (χ1) is 21.1. The van der Waals surface area contributed by atoms with Crippen LogP contribution in [0.5, 0.6) is 5.75 Å². The summed E-state index contributed by atoms with van der Waals surface area (Å²) in [5.74, 6) is 10.1. The van der Waals surface area contributed by atoms with Gasteiger partial charge in [0.05, 0.1) is 22.9 Å². The van der Waals surface area contributed by atoms with Crippen molar-refractivity contribution in [2.75, 3.05) is 4.90 Å². The molecule has 2 aromatic carbocycles. The van der Waals surface area contributed by atoms with Crippen LogP contribution in [0.3, 0.4) is 0 Å². The highest BCUT2D eigenvalue weighted by molar-refractivity contribution is 6.73. The Morgan fingerprint density at radius 1 is 1.07 bits per heavy atom. The maximum Gasteiger partial charge on any atom is 0.215 e. The van der Waals surface area contributed by atoms with Gasteiger partial charge >= 0.3 is 0 Å². The lowest BCUT2D eigenvalue weighted by Gasteiger charge is -2.44. The number of phenolic OH excluding ortho intramolecular Hbond substituents is 1. The van der Waals surface area contributed by atoms with Gasteiger partial charge < -0.3 is 25.1 Å². The minimum absolute atomic E-state index is 0.0507. The lowest BCUT2D eigenvalue weighted by molar-refractivity contribution is -0.108. The molecule has 6 rings (SSSR count). The number of hydrogen-bond acceptors (Lipinski definition) is 8. The molecule has 44 heavy (non-hydrogen) atoms. The van der Waals surface area contributed by atoms with Crippen LogP contribution in [0.2, 0.25) is 18.1 Å². The van der Waals surface area contributed by atoms with Crippen molar-refractivity contribution in [2.24, 2.45) is 5.73 Å². The molecule has 2 aromatic rings. The minimum atomic E-state index is -2.26. The fraction of sp³-hybridized carbons (Fsp3) is 0.382. The molecule has 0 saturated carbocycles. The molecule has 4 N–H and O–H groups in total. The molecule has 1 fully saturated rings. The molecule has 0 radical (unpaired) electrons. The second-order valence-electron chi connectivity index (χ2n) is 11.6. The van der Waals surface area contributed by atoms with Gasteiger partial charge in [0.1, 0.15) is 11.8 Å². The summed E-state index contributed by atoms with van der Waals surface area (Å²) in [5, 5.41) is 23.2. The van der Waals surface area contributed by atoms with Crippen LogP contribution >= 0.6 is 0 Å². The topological polar surface area (TPSA) is 143 Å². The largest absolute Gasteiger partial charge is 0.507 e. The van der Waals surface area contributed by atoms with E-state index in [1.54, 1.807) is 12.1 Å². The third-order valence-corrected chi connectivity index (χ3v) is 14.6. The highest BCUT2D eigenvalue weighted by Gasteiger charge is 2.84. The molecule has 5 atom stereocenters. The van der Waals surface area contributed by atoms with Gasteiger partial charge in [-0.1, -0.05) is 50.5 Å². The first-order valence-electron chi connectivity index (χ1n) is 14.9. The summed E-state index contributed by atoms with van der Waals surface area (Å²) in [6, 6.07) is 7.55. The molecule has 10 heteroatoms. The second-order valence-corrected chi connectivity index (χ2v) is 16.4. The number of carbonyl (C=O) groups excluding carboxylic acids is 3. The average molecular weight is 611 g/mol. The predicted molar refractivity (Wildman–Crippen MR) is 166 cm³/mol. The van der Waals surface area contributed by atoms with Crippen LogP contribution in [0.25, 0.3) is 0 Å². The number of ether oxygens (including phenoxy) is 1. The van der Waals surface area contributed by atoms with Gasteiger partial charge in [-0.3, -0.25) is 19.3 Å². The summed E-state index contributed by atoms with van der Waals surface area (Å²) in [5.41, 5.74) is 3.47. The molecule has 2 aliphatic heterocycles. The summed E-state index contributed by atoms with van der Waals surface area (Å²) in [6.45, 7) is 8.31. The van der Waals surface area contributed by atoms with Crippen LogP contribution in [-0.4, -0.2) is 60.4 Å². The SMILES string of the molecule is CC[Si](CC)(CC)O[C@H](C)[C@@]12O[C@]13c1cc(O)c4c(c1N(C=O)[C@H]2C#C/C=C\C#C[C@@H]3O)C(=O)c1ccc(CN)cc1C4=O. The second kappa shape index (κ2) is 10.6. The molecule has 4 aliphatic rings. The van der Waals surface area contributed by atoms with E-state index in [9.17, 15) is 24.6 Å². The van der Waals surface area contributed by atoms with Crippen molar-refractivity contribution in [3.63, 3.8) is 0 Å². The molecule has 2 aliphatic carbocycles. The van der Waals surface area contributed by atoms with Gasteiger partial charge in [0.25, 0.3) is 0 Å². The number of rotatable bonds is 8. The number of carbonyl (C=O) groups is 3. The zero-order valence-electron chi connectivity index (χ0n) is 25.1. The number of nitrogens with zero attached hydrogens (tertiary/aromatic N) is 1. The van der Waals surface area contributed by atoms with E-state index < -0.39 is 55.1 Å². The normalized spacial score (nSPS) is 27.3. The van der Waals surface area contributed by atoms with Gasteiger partial charge in [0, 0.05) is 23.2 Å². The smallest absolute Gasteiger partial charge is 0.215 e. The average Bonchev–Trinajstić information content (AvgIpc) is 3.76. The molecule has 9 nitrogen and oxygen atoms in total. The summed E-state index contributed by atoms with van der Waals surface area (Å²) >= 11 is 0. The Kier molecular flexibility index (Phi) is 7.20. The number of epoxide rings is 1. The Bertz CT molecular complexity index is 1770. The number of nitrogens with two attached hydrogens (primary N) is 1. The van der Waals surface area contributed by atoms with Crippen LogP contribution < -0.4 is 10.6 Å². The van der Waals surface area contributed by atoms with E-state index >= 15 is 0 Å². The Morgan fingerprint density at radius 2 is 1.73 bits per heavy atom. The number of amides is 1. The van der Waals surface area contributed by atoms with Crippen molar-refractivity contribution in [3.8, 4) is 29.4 Å². The predicted octanol–water partition coefficient (Wildman–Crippen LogP) is 3.28. The minimum Gasteiger partial charge on any atom is -0.507 e. The third kappa shape index (κ3) is 3.79. The molecule has 226 valence electrons. The number of aromatic hydroxyl groups is 1. The van der Waals surface area contributed by atoms with Crippen molar-refractivity contribution in [1.82, 2.24) is 0 Å². The molecule has 1 saturated heterocycles. The molecule has 0 spiro atoms. The van der Waals surface area contributed by atoms with Crippen molar-refractivity contribution < 1.29 is 33.8 Å². The first kappa shape index (κ1) is 30.0. The Morgan fingerprint density at radius 3 is 2.36 bits per heavy atom. The lowest BCUT2D eigenvalue weighted by Crippen LogP contribution is -2.61. The van der Waals surface area contributed by atoms with E-state index in [4.69, 9.17) is 14.9 Å². The molecule has 0 unspecified atom stereocenters. The van der Waals surface area contributed by atoms with E-state index in [1.165, 1.54) is 29.2 Å². The molecular weight excluding hydrogens is 576 g/mol. The summed E-state index contributed by atoms with van der Waals surface area (Å²) < 4.78 is 13.6. The highest BCUT2D eigenvalue weighted by Crippen LogP contribution is 2.69. The fourth-order valence-electron chi connectivity index (χ4n) is 7.35. The van der Waals surface area contributed by atoms with E-state index in [0.717, 1.165) is 18.1 Å². The zero-order valence-corrected chi connectivity index (χ0v) is 26.1. The number of fused-ring (bicyclic) bond motifs is 4. The first-order valence-corrected chi connectivity index (χ1v) is 17.4. The molecule has 0 aromatic heterocycles. The van der Waals surface area contributed by atoms with Crippen LogP contribution in [0, 0.1) is 23.7 Å². The van der Waals surface area contributed by atoms with Gasteiger partial charge in [0.15, 0.2) is 37.2 Å². The number of allylic oxidation sites excluding steroid dienone is 2. The van der Waals surface area contributed by atoms with Crippen molar-refractivity contribution >= 4 is 32.0 Å². The number of hydrogen-bond donors (Lipinski definition) is 3. The standard InChI is InChI=1S/C34H34N2O7Si/c1-5-44(6-2,7-3)42-20(4)33-26-12-10-8-9-11-13-27(39)34(33,43-33)24-17-25(38)28-29(30(24)36(26)19-37)31(40)22-15-14-21(18-35)16-23(22)32(28)41/h8-9,14-17,19-20,26-27,38-39H,5-7,18,35H2,1-4H3/b9-8-/t20-,26+,27+,33+,34+/m1/s1. The van der Waals surface area contributed by atoms with Gasteiger partial charge in [-0.05, 0) is 61.0 Å². The monoisotopic (exact) mass is 610 g/mol. The number of anilines is 1. The molecule has 1 amide bonds. The van der Waals surface area contributed by atoms with Crippen molar-refractivity contribution in [1.29, 1.82) is 0 Å². The summed E-state index contributed by atoms with van der Waals surface area (Å²) in [4.78, 5) is 42.5. The summed E-state index contributed by atoms with van der Waals surface area (Å²) in [7, 11) is -2.26. The van der Waals surface area contributed by atoms with Gasteiger partial charge in [0.2, 0.25) is 6.41 Å². The van der Waals surface area contributed by atoms with E-state index in [2.05, 4.69) is 44.5 Å². The zero-order chi connectivity index (χ0) is 31.6. The number of ketones is 2. The Balaban J connectivity index is 1.66. The quantitative estimate of drug-likeness (QED) is 0.153. The maximum absolute atomic E-state index is 14.2. The number of aliphatic hydroxyl groups excluding tert-OH is 1. The number of aliphatic hydroxyl groups is 1. The third-order valence-electron chi connectivity index (χ3n) is 9.91. The van der Waals surface area contributed by atoms with Crippen LogP contribution in [0.1, 0.15) is 70.7 Å². The van der Waals surface area contributed by atoms with Gasteiger partial charge in [-0.2, -0.15) is 0 Å².